The minimum absolute atomic E-state index is 0.125. The van der Waals surface area contributed by atoms with E-state index in [1.54, 1.807) is 18.4 Å². The summed E-state index contributed by atoms with van der Waals surface area (Å²) in [4.78, 5) is 5.26. The Morgan fingerprint density at radius 3 is 2.52 bits per heavy atom. The highest BCUT2D eigenvalue weighted by Gasteiger charge is 2.11. The van der Waals surface area contributed by atoms with Crippen LogP contribution in [-0.4, -0.2) is 27.7 Å². The van der Waals surface area contributed by atoms with Crippen molar-refractivity contribution in [1.82, 2.24) is 10.6 Å². The Hall–Kier alpha value is -1.45. The van der Waals surface area contributed by atoms with E-state index in [1.807, 2.05) is 12.1 Å². The highest BCUT2D eigenvalue weighted by Crippen LogP contribution is 2.21. The summed E-state index contributed by atoms with van der Waals surface area (Å²) in [5.41, 5.74) is 1.17. The molecule has 0 aliphatic rings. The van der Waals surface area contributed by atoms with Crippen molar-refractivity contribution in [3.05, 3.63) is 55.9 Å². The molecule has 0 saturated heterocycles. The lowest BCUT2D eigenvalue weighted by Gasteiger charge is -2.14. The van der Waals surface area contributed by atoms with Crippen LogP contribution in [0.1, 0.15) is 16.0 Å². The van der Waals surface area contributed by atoms with Gasteiger partial charge in [-0.15, -0.1) is 11.3 Å². The van der Waals surface area contributed by atoms with Crippen LogP contribution in [0.25, 0.3) is 0 Å². The third-order valence-electron chi connectivity index (χ3n) is 3.31. The first-order chi connectivity index (χ1) is 11.8. The Morgan fingerprint density at radius 2 is 1.92 bits per heavy atom. The molecule has 0 bridgehead atoms. The monoisotopic (exact) mass is 447 g/mol. The Bertz CT molecular complexity index is 866. The molecule has 9 heteroatoms. The van der Waals surface area contributed by atoms with Crippen LogP contribution in [0.4, 0.5) is 4.39 Å². The van der Waals surface area contributed by atoms with E-state index in [1.165, 1.54) is 18.2 Å². The van der Waals surface area contributed by atoms with Crippen LogP contribution in [0.2, 0.25) is 0 Å². The molecule has 0 aliphatic heterocycles. The van der Waals surface area contributed by atoms with Gasteiger partial charge in [-0.25, -0.2) is 12.8 Å². The van der Waals surface area contributed by atoms with Crippen LogP contribution < -0.4 is 10.6 Å². The quantitative estimate of drug-likeness (QED) is 0.527. The van der Waals surface area contributed by atoms with Gasteiger partial charge in [-0.1, -0.05) is 6.07 Å². The van der Waals surface area contributed by atoms with Crippen LogP contribution >= 0.6 is 27.3 Å². The van der Waals surface area contributed by atoms with Crippen molar-refractivity contribution in [3.8, 4) is 0 Å². The number of nitrogens with one attached hydrogen (secondary N) is 2. The summed E-state index contributed by atoms with van der Waals surface area (Å²) < 4.78 is 37.7. The number of rotatable bonds is 6. The van der Waals surface area contributed by atoms with E-state index in [0.717, 1.165) is 14.9 Å². The predicted octanol–water partition coefficient (Wildman–Crippen LogP) is 3.06. The van der Waals surface area contributed by atoms with Crippen LogP contribution in [0.5, 0.6) is 0 Å². The maximum absolute atomic E-state index is 13.5. The van der Waals surface area contributed by atoms with E-state index in [9.17, 15) is 12.8 Å². The van der Waals surface area contributed by atoms with Gasteiger partial charge in [-0.2, -0.15) is 0 Å². The predicted molar refractivity (Wildman–Crippen MR) is 104 cm³/mol. The molecule has 0 unspecified atom stereocenters. The average molecular weight is 448 g/mol. The molecule has 1 aromatic carbocycles. The van der Waals surface area contributed by atoms with Crippen LogP contribution in [-0.2, 0) is 28.7 Å². The summed E-state index contributed by atoms with van der Waals surface area (Å²) in [6, 6.07) is 8.10. The molecule has 0 radical (unpaired) electrons. The van der Waals surface area contributed by atoms with Crippen molar-refractivity contribution in [1.29, 1.82) is 0 Å². The zero-order valence-electron chi connectivity index (χ0n) is 13.8. The number of guanidine groups is 1. The Kier molecular flexibility index (Phi) is 6.97. The number of halogens is 2. The van der Waals surface area contributed by atoms with E-state index in [4.69, 9.17) is 0 Å². The average Bonchev–Trinajstić information content (AvgIpc) is 2.94. The van der Waals surface area contributed by atoms with Crippen LogP contribution in [0.3, 0.4) is 0 Å². The van der Waals surface area contributed by atoms with Crippen molar-refractivity contribution in [3.63, 3.8) is 0 Å². The van der Waals surface area contributed by atoms with E-state index < -0.39 is 15.7 Å². The molecule has 136 valence electrons. The van der Waals surface area contributed by atoms with Crippen LogP contribution in [0.15, 0.2) is 39.1 Å². The number of thiophene rings is 1. The van der Waals surface area contributed by atoms with Gasteiger partial charge in [-0.3, -0.25) is 4.99 Å². The summed E-state index contributed by atoms with van der Waals surface area (Å²) in [7, 11) is -1.56. The van der Waals surface area contributed by atoms with Crippen molar-refractivity contribution < 1.29 is 12.8 Å². The number of aliphatic imine (C=N–C) groups is 1. The molecule has 25 heavy (non-hydrogen) atoms. The van der Waals surface area contributed by atoms with Gasteiger partial charge in [-0.05, 0) is 51.3 Å². The summed E-state index contributed by atoms with van der Waals surface area (Å²) in [5, 5.41) is 6.25. The van der Waals surface area contributed by atoms with Crippen LogP contribution in [0, 0.1) is 5.82 Å². The normalized spacial score (nSPS) is 12.2. The molecule has 0 aliphatic carbocycles. The number of hydrogen-bond acceptors (Lipinski definition) is 4. The van der Waals surface area contributed by atoms with Gasteiger partial charge in [0.2, 0.25) is 0 Å². The van der Waals surface area contributed by atoms with Crippen molar-refractivity contribution in [2.75, 3.05) is 13.3 Å². The smallest absolute Gasteiger partial charge is 0.191 e. The number of benzene rings is 1. The van der Waals surface area contributed by atoms with E-state index in [0.29, 0.717) is 23.6 Å². The molecule has 5 nitrogen and oxygen atoms in total. The number of sulfone groups is 1. The highest BCUT2D eigenvalue weighted by molar-refractivity contribution is 9.11. The van der Waals surface area contributed by atoms with Gasteiger partial charge in [0.05, 0.1) is 16.1 Å². The van der Waals surface area contributed by atoms with Gasteiger partial charge in [0.1, 0.15) is 5.82 Å². The Morgan fingerprint density at radius 1 is 1.20 bits per heavy atom. The maximum atomic E-state index is 13.5. The maximum Gasteiger partial charge on any atom is 0.191 e. The summed E-state index contributed by atoms with van der Waals surface area (Å²) in [6.45, 7) is 0.881. The zero-order chi connectivity index (χ0) is 18.4. The topological polar surface area (TPSA) is 70.6 Å². The van der Waals surface area contributed by atoms with Gasteiger partial charge in [0, 0.05) is 24.7 Å². The fourth-order valence-electron chi connectivity index (χ4n) is 2.20. The number of nitrogens with zero attached hydrogens (tertiary/aromatic N) is 1. The Labute approximate surface area is 159 Å². The molecule has 0 amide bonds. The molecular weight excluding hydrogens is 429 g/mol. The molecule has 0 saturated carbocycles. The second-order valence-corrected chi connectivity index (χ2v) is 10.2. The number of hydrogen-bond donors (Lipinski definition) is 2. The van der Waals surface area contributed by atoms with Crippen molar-refractivity contribution in [2.45, 2.75) is 18.8 Å². The molecule has 1 aromatic heterocycles. The third-order valence-corrected chi connectivity index (χ3v) is 5.77. The molecular formula is C16H19BrFN3O2S2. The van der Waals surface area contributed by atoms with E-state index >= 15 is 0 Å². The standard InChI is InChI=1S/C16H19BrFN3O2S2/c1-19-16(21-9-14-5-6-15(17)24-14)20-8-12-7-13(18)4-3-11(12)10-25(2,22)23/h3-7H,8-10H2,1-2H3,(H2,19,20,21). The second kappa shape index (κ2) is 8.77. The molecule has 2 N–H and O–H groups in total. The van der Waals surface area contributed by atoms with Gasteiger partial charge >= 0.3 is 0 Å². The zero-order valence-corrected chi connectivity index (χ0v) is 17.1. The fourth-order valence-corrected chi connectivity index (χ4v) is 4.47. The second-order valence-electron chi connectivity index (χ2n) is 5.47. The first kappa shape index (κ1) is 19.9. The lowest BCUT2D eigenvalue weighted by molar-refractivity contribution is 0.599. The first-order valence-electron chi connectivity index (χ1n) is 7.40. The summed E-state index contributed by atoms with van der Waals surface area (Å²) in [6.07, 6.45) is 1.16. The Balaban J connectivity index is 2.02. The molecule has 1 heterocycles. The lowest BCUT2D eigenvalue weighted by atomic mass is 10.1. The van der Waals surface area contributed by atoms with Gasteiger partial charge < -0.3 is 10.6 Å². The third kappa shape index (κ3) is 6.75. The first-order valence-corrected chi connectivity index (χ1v) is 11.1. The molecule has 2 aromatic rings. The molecule has 2 rings (SSSR count). The van der Waals surface area contributed by atoms with E-state index in [-0.39, 0.29) is 12.3 Å². The summed E-state index contributed by atoms with van der Waals surface area (Å²) in [5.74, 6) is 0.0269. The highest BCUT2D eigenvalue weighted by atomic mass is 79.9. The van der Waals surface area contributed by atoms with Crippen molar-refractivity contribution in [2.24, 2.45) is 4.99 Å². The minimum atomic E-state index is -3.20. The summed E-state index contributed by atoms with van der Waals surface area (Å²) >= 11 is 5.04. The molecule has 0 fully saturated rings. The van der Waals surface area contributed by atoms with E-state index in [2.05, 4.69) is 31.6 Å². The lowest BCUT2D eigenvalue weighted by Crippen LogP contribution is -2.36. The SMILES string of the molecule is CN=C(NCc1ccc(Br)s1)NCc1cc(F)ccc1CS(C)(=O)=O. The van der Waals surface area contributed by atoms with Gasteiger partial charge in [0.25, 0.3) is 0 Å². The minimum Gasteiger partial charge on any atom is -0.352 e. The molecule has 0 atom stereocenters. The van der Waals surface area contributed by atoms with Gasteiger partial charge in [0.15, 0.2) is 15.8 Å². The van der Waals surface area contributed by atoms with Crippen molar-refractivity contribution >= 4 is 43.1 Å². The molecule has 0 spiro atoms. The largest absolute Gasteiger partial charge is 0.352 e. The fraction of sp³-hybridized carbons (Fsp3) is 0.312.